The van der Waals surface area contributed by atoms with Crippen molar-refractivity contribution >= 4 is 5.97 Å². The SMILES string of the molecule is CCCc1nc(CN2CCCN(CC(=O)O)CC2)no1. The second-order valence-corrected chi connectivity index (χ2v) is 5.15. The monoisotopic (exact) mass is 282 g/mol. The van der Waals surface area contributed by atoms with Crippen LogP contribution in [-0.2, 0) is 17.8 Å². The molecule has 0 amide bonds. The fourth-order valence-corrected chi connectivity index (χ4v) is 2.40. The summed E-state index contributed by atoms with van der Waals surface area (Å²) in [5.41, 5.74) is 0. The van der Waals surface area contributed by atoms with Gasteiger partial charge in [0.25, 0.3) is 0 Å². The lowest BCUT2D eigenvalue weighted by molar-refractivity contribution is -0.138. The fourth-order valence-electron chi connectivity index (χ4n) is 2.40. The number of carboxylic acid groups (broad SMARTS) is 1. The third-order valence-corrected chi connectivity index (χ3v) is 3.38. The Morgan fingerprint density at radius 2 is 2.05 bits per heavy atom. The van der Waals surface area contributed by atoms with E-state index in [1.54, 1.807) is 0 Å². The van der Waals surface area contributed by atoms with Crippen molar-refractivity contribution in [2.24, 2.45) is 0 Å². The molecule has 0 radical (unpaired) electrons. The summed E-state index contributed by atoms with van der Waals surface area (Å²) in [6.07, 6.45) is 2.78. The van der Waals surface area contributed by atoms with E-state index in [0.29, 0.717) is 12.4 Å². The predicted molar refractivity (Wildman–Crippen MR) is 72.3 cm³/mol. The van der Waals surface area contributed by atoms with Crippen molar-refractivity contribution < 1.29 is 14.4 Å². The van der Waals surface area contributed by atoms with Gasteiger partial charge in [0, 0.05) is 26.1 Å². The second-order valence-electron chi connectivity index (χ2n) is 5.15. The Hall–Kier alpha value is -1.47. The van der Waals surface area contributed by atoms with Crippen molar-refractivity contribution in [1.29, 1.82) is 0 Å². The maximum atomic E-state index is 10.7. The molecule has 1 aromatic rings. The minimum Gasteiger partial charge on any atom is -0.480 e. The third kappa shape index (κ3) is 4.57. The first-order valence-electron chi connectivity index (χ1n) is 7.15. The van der Waals surface area contributed by atoms with Crippen molar-refractivity contribution in [1.82, 2.24) is 19.9 Å². The van der Waals surface area contributed by atoms with Crippen LogP contribution in [0.2, 0.25) is 0 Å². The Kier molecular flexibility index (Phi) is 5.49. The number of aromatic nitrogens is 2. The molecule has 112 valence electrons. The van der Waals surface area contributed by atoms with E-state index in [4.69, 9.17) is 9.63 Å². The van der Waals surface area contributed by atoms with E-state index in [0.717, 1.165) is 51.3 Å². The zero-order valence-corrected chi connectivity index (χ0v) is 11.9. The molecule has 0 unspecified atom stereocenters. The summed E-state index contributed by atoms with van der Waals surface area (Å²) in [7, 11) is 0. The van der Waals surface area contributed by atoms with Gasteiger partial charge in [0.1, 0.15) is 0 Å². The Bertz CT molecular complexity index is 435. The van der Waals surface area contributed by atoms with Crippen LogP contribution in [0.15, 0.2) is 4.52 Å². The van der Waals surface area contributed by atoms with Gasteiger partial charge < -0.3 is 9.63 Å². The topological polar surface area (TPSA) is 82.7 Å². The Balaban J connectivity index is 1.82. The average Bonchev–Trinajstić information content (AvgIpc) is 2.71. The molecule has 1 fully saturated rings. The fraction of sp³-hybridized carbons (Fsp3) is 0.769. The Labute approximate surface area is 118 Å². The number of nitrogens with zero attached hydrogens (tertiary/aromatic N) is 4. The molecule has 1 saturated heterocycles. The van der Waals surface area contributed by atoms with Crippen molar-refractivity contribution in [2.75, 3.05) is 32.7 Å². The van der Waals surface area contributed by atoms with E-state index in [2.05, 4.69) is 22.0 Å². The molecule has 0 aromatic carbocycles. The molecule has 0 spiro atoms. The van der Waals surface area contributed by atoms with Gasteiger partial charge in [-0.25, -0.2) is 0 Å². The first kappa shape index (κ1) is 14.9. The first-order chi connectivity index (χ1) is 9.67. The zero-order valence-electron chi connectivity index (χ0n) is 11.9. The minimum absolute atomic E-state index is 0.122. The van der Waals surface area contributed by atoms with Crippen LogP contribution in [0.3, 0.4) is 0 Å². The predicted octanol–water partition coefficient (Wildman–Crippen LogP) is 0.614. The molecule has 1 aliphatic heterocycles. The molecule has 0 aliphatic carbocycles. The Morgan fingerprint density at radius 1 is 1.30 bits per heavy atom. The number of aryl methyl sites for hydroxylation is 1. The number of hydrogen-bond acceptors (Lipinski definition) is 6. The number of rotatable bonds is 6. The van der Waals surface area contributed by atoms with E-state index in [1.165, 1.54) is 0 Å². The van der Waals surface area contributed by atoms with Gasteiger partial charge in [-0.2, -0.15) is 4.98 Å². The summed E-state index contributed by atoms with van der Waals surface area (Å²) in [6, 6.07) is 0. The molecule has 2 rings (SSSR count). The molecule has 20 heavy (non-hydrogen) atoms. The maximum absolute atomic E-state index is 10.7. The van der Waals surface area contributed by atoms with Gasteiger partial charge in [-0.15, -0.1) is 0 Å². The first-order valence-corrected chi connectivity index (χ1v) is 7.15. The lowest BCUT2D eigenvalue weighted by Crippen LogP contribution is -2.34. The standard InChI is InChI=1S/C13H22N4O3/c1-2-4-12-14-11(15-20-12)9-16-5-3-6-17(8-7-16)10-13(18)19/h2-10H2,1H3,(H,18,19). The van der Waals surface area contributed by atoms with Crippen LogP contribution in [-0.4, -0.2) is 63.7 Å². The highest BCUT2D eigenvalue weighted by atomic mass is 16.5. The highest BCUT2D eigenvalue weighted by Gasteiger charge is 2.18. The molecule has 7 heteroatoms. The van der Waals surface area contributed by atoms with Gasteiger partial charge in [0.05, 0.1) is 13.1 Å². The van der Waals surface area contributed by atoms with Crippen LogP contribution in [0.4, 0.5) is 0 Å². The number of carboxylic acids is 1. The molecule has 2 heterocycles. The van der Waals surface area contributed by atoms with Gasteiger partial charge in [-0.05, 0) is 19.4 Å². The van der Waals surface area contributed by atoms with Crippen molar-refractivity contribution in [3.63, 3.8) is 0 Å². The summed E-state index contributed by atoms with van der Waals surface area (Å²) >= 11 is 0. The van der Waals surface area contributed by atoms with Crippen LogP contribution in [0.25, 0.3) is 0 Å². The highest BCUT2D eigenvalue weighted by Crippen LogP contribution is 2.08. The molecular weight excluding hydrogens is 260 g/mol. The summed E-state index contributed by atoms with van der Waals surface area (Å²) < 4.78 is 5.18. The molecule has 7 nitrogen and oxygen atoms in total. The minimum atomic E-state index is -0.763. The average molecular weight is 282 g/mol. The van der Waals surface area contributed by atoms with Gasteiger partial charge >= 0.3 is 5.97 Å². The van der Waals surface area contributed by atoms with Crippen LogP contribution < -0.4 is 0 Å². The molecule has 0 bridgehead atoms. The number of carbonyl (C=O) groups is 1. The second kappa shape index (κ2) is 7.35. The molecule has 0 atom stereocenters. The molecule has 0 saturated carbocycles. The van der Waals surface area contributed by atoms with E-state index in [1.807, 2.05) is 4.90 Å². The molecule has 1 aromatic heterocycles. The van der Waals surface area contributed by atoms with E-state index in [-0.39, 0.29) is 6.54 Å². The van der Waals surface area contributed by atoms with Crippen molar-refractivity contribution in [3.05, 3.63) is 11.7 Å². The molecular formula is C13H22N4O3. The Morgan fingerprint density at radius 3 is 2.80 bits per heavy atom. The summed E-state index contributed by atoms with van der Waals surface area (Å²) in [5.74, 6) is 0.658. The van der Waals surface area contributed by atoms with Gasteiger partial charge in [0.2, 0.25) is 5.89 Å². The highest BCUT2D eigenvalue weighted by molar-refractivity contribution is 5.69. The lowest BCUT2D eigenvalue weighted by Gasteiger charge is -2.19. The normalized spacial score (nSPS) is 18.1. The van der Waals surface area contributed by atoms with E-state index in [9.17, 15) is 4.79 Å². The van der Waals surface area contributed by atoms with Crippen LogP contribution in [0.5, 0.6) is 0 Å². The third-order valence-electron chi connectivity index (χ3n) is 3.38. The smallest absolute Gasteiger partial charge is 0.317 e. The number of hydrogen-bond donors (Lipinski definition) is 1. The summed E-state index contributed by atoms with van der Waals surface area (Å²) in [5, 5.41) is 12.8. The quantitative estimate of drug-likeness (QED) is 0.818. The maximum Gasteiger partial charge on any atom is 0.317 e. The van der Waals surface area contributed by atoms with Crippen molar-refractivity contribution in [2.45, 2.75) is 32.7 Å². The van der Waals surface area contributed by atoms with Crippen LogP contribution in [0.1, 0.15) is 31.5 Å². The molecule has 1 N–H and O–H groups in total. The van der Waals surface area contributed by atoms with Gasteiger partial charge in [-0.1, -0.05) is 12.1 Å². The molecule has 1 aliphatic rings. The van der Waals surface area contributed by atoms with Crippen LogP contribution in [0, 0.1) is 0 Å². The largest absolute Gasteiger partial charge is 0.480 e. The lowest BCUT2D eigenvalue weighted by atomic mass is 10.3. The summed E-state index contributed by atoms with van der Waals surface area (Å²) in [6.45, 7) is 6.25. The summed E-state index contributed by atoms with van der Waals surface area (Å²) in [4.78, 5) is 19.3. The van der Waals surface area contributed by atoms with E-state index < -0.39 is 5.97 Å². The van der Waals surface area contributed by atoms with Crippen LogP contribution >= 0.6 is 0 Å². The van der Waals surface area contributed by atoms with Gasteiger partial charge in [-0.3, -0.25) is 14.6 Å². The van der Waals surface area contributed by atoms with E-state index >= 15 is 0 Å². The van der Waals surface area contributed by atoms with Gasteiger partial charge in [0.15, 0.2) is 5.82 Å². The van der Waals surface area contributed by atoms with Crippen molar-refractivity contribution in [3.8, 4) is 0 Å². The zero-order chi connectivity index (χ0) is 14.4. The number of aliphatic carboxylic acids is 1.